The van der Waals surface area contributed by atoms with Crippen molar-refractivity contribution in [1.82, 2.24) is 10.6 Å². The molecular formula is C14H23N3O. The normalized spacial score (nSPS) is 38.3. The predicted octanol–water partition coefficient (Wildman–Crippen LogP) is 1.81. The van der Waals surface area contributed by atoms with Crippen molar-refractivity contribution in [3.8, 4) is 0 Å². The van der Waals surface area contributed by atoms with Crippen LogP contribution < -0.4 is 10.6 Å². The summed E-state index contributed by atoms with van der Waals surface area (Å²) in [6, 6.07) is 0.448. The lowest BCUT2D eigenvalue weighted by atomic mass is 9.68. The molecule has 4 nitrogen and oxygen atoms in total. The molecule has 1 saturated heterocycles. The molecule has 0 bridgehead atoms. The van der Waals surface area contributed by atoms with Gasteiger partial charge in [-0.25, -0.2) is 4.99 Å². The van der Waals surface area contributed by atoms with Gasteiger partial charge in [-0.2, -0.15) is 0 Å². The van der Waals surface area contributed by atoms with Crippen molar-refractivity contribution in [2.45, 2.75) is 64.0 Å². The first kappa shape index (κ1) is 12.0. The monoisotopic (exact) mass is 249 g/mol. The molecule has 2 unspecified atom stereocenters. The Morgan fingerprint density at radius 2 is 2.06 bits per heavy atom. The van der Waals surface area contributed by atoms with E-state index in [-0.39, 0.29) is 11.4 Å². The first-order valence-corrected chi connectivity index (χ1v) is 7.29. The van der Waals surface area contributed by atoms with Crippen LogP contribution in [0.5, 0.6) is 0 Å². The molecule has 0 aromatic rings. The van der Waals surface area contributed by atoms with Gasteiger partial charge < -0.3 is 5.32 Å². The SMILES string of the molecule is CC(C)C1CCCCC12NC(=NC1CC1)NC2=O. The summed E-state index contributed by atoms with van der Waals surface area (Å²) in [7, 11) is 0. The average molecular weight is 249 g/mol. The van der Waals surface area contributed by atoms with E-state index < -0.39 is 0 Å². The summed E-state index contributed by atoms with van der Waals surface area (Å²) < 4.78 is 0. The van der Waals surface area contributed by atoms with Crippen molar-refractivity contribution in [3.05, 3.63) is 0 Å². The highest BCUT2D eigenvalue weighted by atomic mass is 16.2. The molecule has 1 aliphatic heterocycles. The third kappa shape index (κ3) is 1.91. The Balaban J connectivity index is 1.85. The van der Waals surface area contributed by atoms with Crippen molar-refractivity contribution >= 4 is 11.9 Å². The zero-order chi connectivity index (χ0) is 12.8. The molecule has 3 fully saturated rings. The van der Waals surface area contributed by atoms with E-state index in [9.17, 15) is 4.79 Å². The molecule has 2 N–H and O–H groups in total. The largest absolute Gasteiger partial charge is 0.341 e. The average Bonchev–Trinajstić information content (AvgIpc) is 3.07. The maximum atomic E-state index is 12.4. The smallest absolute Gasteiger partial charge is 0.252 e. The molecule has 1 spiro atoms. The summed E-state index contributed by atoms with van der Waals surface area (Å²) >= 11 is 0. The molecule has 0 radical (unpaired) electrons. The van der Waals surface area contributed by atoms with Gasteiger partial charge >= 0.3 is 0 Å². The van der Waals surface area contributed by atoms with Crippen molar-refractivity contribution in [2.75, 3.05) is 0 Å². The van der Waals surface area contributed by atoms with E-state index in [1.165, 1.54) is 19.3 Å². The zero-order valence-electron chi connectivity index (χ0n) is 11.3. The maximum Gasteiger partial charge on any atom is 0.252 e. The number of carbonyl (C=O) groups is 1. The molecule has 3 aliphatic rings. The molecule has 2 aliphatic carbocycles. The highest BCUT2D eigenvalue weighted by Crippen LogP contribution is 2.40. The second-order valence-electron chi connectivity index (χ2n) is 6.36. The lowest BCUT2D eigenvalue weighted by molar-refractivity contribution is -0.128. The number of amides is 1. The van der Waals surface area contributed by atoms with E-state index in [1.54, 1.807) is 0 Å². The first-order chi connectivity index (χ1) is 8.62. The molecule has 1 amide bonds. The van der Waals surface area contributed by atoms with Gasteiger partial charge in [0.05, 0.1) is 6.04 Å². The van der Waals surface area contributed by atoms with Crippen LogP contribution in [0.3, 0.4) is 0 Å². The summed E-state index contributed by atoms with van der Waals surface area (Å²) in [6.07, 6.45) is 6.82. The lowest BCUT2D eigenvalue weighted by Gasteiger charge is -2.41. The van der Waals surface area contributed by atoms with Crippen molar-refractivity contribution in [1.29, 1.82) is 0 Å². The van der Waals surface area contributed by atoms with Crippen LogP contribution in [0.2, 0.25) is 0 Å². The molecular weight excluding hydrogens is 226 g/mol. The van der Waals surface area contributed by atoms with E-state index in [0.29, 0.717) is 17.9 Å². The summed E-state index contributed by atoms with van der Waals surface area (Å²) in [5.41, 5.74) is -0.375. The Bertz CT molecular complexity index is 387. The minimum absolute atomic E-state index is 0.153. The number of carbonyl (C=O) groups excluding carboxylic acids is 1. The number of nitrogens with zero attached hydrogens (tertiary/aromatic N) is 1. The second-order valence-corrected chi connectivity index (χ2v) is 6.36. The van der Waals surface area contributed by atoms with Crippen molar-refractivity contribution < 1.29 is 4.79 Å². The Labute approximate surface area is 109 Å². The van der Waals surface area contributed by atoms with Crippen LogP contribution in [-0.4, -0.2) is 23.4 Å². The third-order valence-electron chi connectivity index (χ3n) is 4.61. The number of hydrogen-bond acceptors (Lipinski definition) is 2. The van der Waals surface area contributed by atoms with Crippen LogP contribution >= 0.6 is 0 Å². The molecule has 1 heterocycles. The summed E-state index contributed by atoms with van der Waals surface area (Å²) in [4.78, 5) is 17.0. The van der Waals surface area contributed by atoms with Gasteiger partial charge in [-0.1, -0.05) is 26.7 Å². The van der Waals surface area contributed by atoms with Gasteiger partial charge in [0.2, 0.25) is 0 Å². The fraction of sp³-hybridized carbons (Fsp3) is 0.857. The number of hydrogen-bond donors (Lipinski definition) is 2. The first-order valence-electron chi connectivity index (χ1n) is 7.29. The molecule has 0 aromatic carbocycles. The number of rotatable bonds is 2. The second kappa shape index (κ2) is 4.25. The van der Waals surface area contributed by atoms with Crippen LogP contribution in [0.4, 0.5) is 0 Å². The minimum Gasteiger partial charge on any atom is -0.341 e. The van der Waals surface area contributed by atoms with E-state index >= 15 is 0 Å². The van der Waals surface area contributed by atoms with Crippen LogP contribution in [0.1, 0.15) is 52.4 Å². The predicted molar refractivity (Wildman–Crippen MR) is 71.3 cm³/mol. The Morgan fingerprint density at radius 3 is 2.72 bits per heavy atom. The molecule has 3 rings (SSSR count). The number of nitrogens with one attached hydrogen (secondary N) is 2. The van der Waals surface area contributed by atoms with Gasteiger partial charge in [0.1, 0.15) is 5.54 Å². The van der Waals surface area contributed by atoms with E-state index in [0.717, 1.165) is 25.2 Å². The molecule has 4 heteroatoms. The number of guanidine groups is 1. The lowest BCUT2D eigenvalue weighted by Crippen LogP contribution is -2.56. The highest BCUT2D eigenvalue weighted by Gasteiger charge is 2.52. The van der Waals surface area contributed by atoms with Crippen molar-refractivity contribution in [3.63, 3.8) is 0 Å². The molecule has 0 aromatic heterocycles. The van der Waals surface area contributed by atoms with E-state index in [1.807, 2.05) is 0 Å². The van der Waals surface area contributed by atoms with Crippen LogP contribution in [0.25, 0.3) is 0 Å². The van der Waals surface area contributed by atoms with Crippen molar-refractivity contribution in [2.24, 2.45) is 16.8 Å². The fourth-order valence-corrected chi connectivity index (χ4v) is 3.51. The van der Waals surface area contributed by atoms with Crippen LogP contribution in [-0.2, 0) is 4.79 Å². The standard InChI is InChI=1S/C14H23N3O/c1-9(2)11-5-3-4-8-14(11)12(18)16-13(17-14)15-10-6-7-10/h9-11H,3-8H2,1-2H3,(H2,15,16,17,18). The zero-order valence-corrected chi connectivity index (χ0v) is 11.3. The highest BCUT2D eigenvalue weighted by molar-refractivity contribution is 6.09. The minimum atomic E-state index is -0.375. The Kier molecular flexibility index (Phi) is 2.83. The Morgan fingerprint density at radius 1 is 1.28 bits per heavy atom. The number of aliphatic imine (C=N–C) groups is 1. The third-order valence-corrected chi connectivity index (χ3v) is 4.61. The van der Waals surface area contributed by atoms with Gasteiger partial charge in [0.25, 0.3) is 5.91 Å². The summed E-state index contributed by atoms with van der Waals surface area (Å²) in [5.74, 6) is 1.84. The molecule has 100 valence electrons. The molecule has 2 saturated carbocycles. The van der Waals surface area contributed by atoms with E-state index in [4.69, 9.17) is 0 Å². The van der Waals surface area contributed by atoms with Gasteiger partial charge in [0.15, 0.2) is 5.96 Å². The topological polar surface area (TPSA) is 53.5 Å². The quantitative estimate of drug-likeness (QED) is 0.784. The van der Waals surface area contributed by atoms with E-state index in [2.05, 4.69) is 29.5 Å². The maximum absolute atomic E-state index is 12.4. The molecule has 2 atom stereocenters. The van der Waals surface area contributed by atoms with Crippen LogP contribution in [0.15, 0.2) is 4.99 Å². The Hall–Kier alpha value is -1.06. The van der Waals surface area contributed by atoms with Gasteiger partial charge in [0, 0.05) is 0 Å². The summed E-state index contributed by atoms with van der Waals surface area (Å²) in [5, 5.41) is 6.42. The van der Waals surface area contributed by atoms with Gasteiger partial charge in [-0.05, 0) is 37.5 Å². The van der Waals surface area contributed by atoms with Crippen LogP contribution in [0, 0.1) is 11.8 Å². The summed E-state index contributed by atoms with van der Waals surface area (Å²) in [6.45, 7) is 4.45. The molecule has 18 heavy (non-hydrogen) atoms. The van der Waals surface area contributed by atoms with Gasteiger partial charge in [-0.15, -0.1) is 0 Å². The van der Waals surface area contributed by atoms with Gasteiger partial charge in [-0.3, -0.25) is 10.1 Å². The fourth-order valence-electron chi connectivity index (χ4n) is 3.51.